The molecule has 0 heterocycles. The fraction of sp³-hybridized carbons (Fsp3) is 0.864. The maximum Gasteiger partial charge on any atom is 0.310 e. The first-order valence-corrected chi connectivity index (χ1v) is 12.2. The lowest BCUT2D eigenvalue weighted by Gasteiger charge is -2.28. The number of hydrogen-bond acceptors (Lipinski definition) is 7. The topological polar surface area (TPSA) is 116 Å². The minimum absolute atomic E-state index is 0.00412. The Morgan fingerprint density at radius 1 is 0.903 bits per heavy atom. The lowest BCUT2D eigenvalue weighted by molar-refractivity contribution is -0.160. The van der Waals surface area contributed by atoms with Crippen LogP contribution in [0.5, 0.6) is 0 Å². The fourth-order valence-electron chi connectivity index (χ4n) is 2.66. The minimum Gasteiger partial charge on any atom is -0.481 e. The van der Waals surface area contributed by atoms with Crippen LogP contribution in [0.15, 0.2) is 0 Å². The molecule has 0 fully saturated rings. The van der Waals surface area contributed by atoms with Crippen LogP contribution in [0.2, 0.25) is 0 Å². The number of carbonyl (C=O) groups is 3. The predicted octanol–water partition coefficient (Wildman–Crippen LogP) is 4.84. The van der Waals surface area contributed by atoms with Gasteiger partial charge in [-0.15, -0.1) is 0 Å². The smallest absolute Gasteiger partial charge is 0.310 e. The molecule has 0 aliphatic rings. The van der Waals surface area contributed by atoms with E-state index >= 15 is 0 Å². The van der Waals surface area contributed by atoms with Crippen molar-refractivity contribution in [2.45, 2.75) is 105 Å². The number of carboxylic acids is 1. The van der Waals surface area contributed by atoms with E-state index in [1.54, 1.807) is 62.3 Å². The Morgan fingerprint density at radius 3 is 1.87 bits per heavy atom. The van der Waals surface area contributed by atoms with Gasteiger partial charge in [0.2, 0.25) is 0 Å². The van der Waals surface area contributed by atoms with E-state index in [1.807, 2.05) is 0 Å². The van der Waals surface area contributed by atoms with Crippen molar-refractivity contribution in [1.29, 1.82) is 0 Å². The maximum atomic E-state index is 12.7. The summed E-state index contributed by atoms with van der Waals surface area (Å²) in [4.78, 5) is 35.7. The second kappa shape index (κ2) is 12.0. The molecule has 0 bridgehead atoms. The highest BCUT2D eigenvalue weighted by Crippen LogP contribution is 2.37. The Hall–Kier alpha value is -1.40. The Bertz CT molecular complexity index is 643. The summed E-state index contributed by atoms with van der Waals surface area (Å²) in [6, 6.07) is 0. The Morgan fingerprint density at radius 2 is 1.42 bits per heavy atom. The van der Waals surface area contributed by atoms with Gasteiger partial charge in [0.05, 0.1) is 17.4 Å². The molecule has 0 aromatic rings. The number of hydrogen-bond donors (Lipinski definition) is 1. The lowest BCUT2D eigenvalue weighted by Crippen LogP contribution is -2.31. The van der Waals surface area contributed by atoms with E-state index in [-0.39, 0.29) is 19.0 Å². The van der Waals surface area contributed by atoms with E-state index in [9.17, 15) is 18.9 Å². The van der Waals surface area contributed by atoms with Gasteiger partial charge in [-0.1, -0.05) is 6.92 Å². The van der Waals surface area contributed by atoms with Crippen LogP contribution in [0.25, 0.3) is 0 Å². The van der Waals surface area contributed by atoms with Crippen LogP contribution in [-0.2, 0) is 32.9 Å². The number of carbonyl (C=O) groups excluding carboxylic acids is 2. The van der Waals surface area contributed by atoms with E-state index in [4.69, 9.17) is 19.1 Å². The first-order chi connectivity index (χ1) is 13.8. The summed E-state index contributed by atoms with van der Waals surface area (Å²) in [7, 11) is -2.64. The minimum atomic E-state index is -2.64. The highest BCUT2D eigenvalue weighted by Gasteiger charge is 2.31. The van der Waals surface area contributed by atoms with Crippen molar-refractivity contribution in [3.63, 3.8) is 0 Å². The molecular weight excluding hydrogens is 423 g/mol. The molecule has 0 saturated heterocycles. The number of ether oxygens (including phenoxy) is 2. The van der Waals surface area contributed by atoms with Crippen molar-refractivity contribution in [3.05, 3.63) is 0 Å². The zero-order chi connectivity index (χ0) is 24.6. The molecule has 0 aromatic heterocycles. The van der Waals surface area contributed by atoms with E-state index in [0.717, 1.165) is 0 Å². The maximum absolute atomic E-state index is 12.7. The molecule has 0 amide bonds. The normalized spacial score (nSPS) is 15.6. The predicted molar refractivity (Wildman–Crippen MR) is 119 cm³/mol. The molecule has 0 aliphatic carbocycles. The van der Waals surface area contributed by atoms with Crippen LogP contribution in [0.4, 0.5) is 0 Å². The quantitative estimate of drug-likeness (QED) is 0.322. The molecule has 3 unspecified atom stereocenters. The molecule has 0 saturated carbocycles. The molecule has 9 heteroatoms. The van der Waals surface area contributed by atoms with Crippen LogP contribution in [0.1, 0.15) is 88.0 Å². The largest absolute Gasteiger partial charge is 0.481 e. The average Bonchev–Trinajstić information content (AvgIpc) is 2.52. The lowest BCUT2D eigenvalue weighted by atomic mass is 9.96. The number of aliphatic carboxylic acids is 1. The van der Waals surface area contributed by atoms with Gasteiger partial charge in [-0.05, 0) is 74.7 Å². The molecular formula is C22H41O8P. The standard InChI is InChI=1S/C22H41O8P/c1-15(18(24)25)12-13-22(8,9)30-31(27)14-16(19(26)29-21(5,6)7)10-11-17(23)28-20(2,3)4/h15-16,31H,10-14H2,1-9H3,(H,24,25). The summed E-state index contributed by atoms with van der Waals surface area (Å²) in [5.41, 5.74) is -2.15. The first kappa shape index (κ1) is 29.6. The Balaban J connectivity index is 5.07. The molecule has 0 aliphatic heterocycles. The number of rotatable bonds is 12. The first-order valence-electron chi connectivity index (χ1n) is 10.7. The van der Waals surface area contributed by atoms with Crippen LogP contribution >= 0.6 is 8.03 Å². The van der Waals surface area contributed by atoms with Crippen molar-refractivity contribution in [2.24, 2.45) is 11.8 Å². The van der Waals surface area contributed by atoms with E-state index < -0.39 is 54.6 Å². The van der Waals surface area contributed by atoms with Crippen LogP contribution in [-0.4, -0.2) is 46.0 Å². The van der Waals surface area contributed by atoms with Gasteiger partial charge < -0.3 is 19.1 Å². The summed E-state index contributed by atoms with van der Waals surface area (Å²) in [5.74, 6) is -3.17. The van der Waals surface area contributed by atoms with Gasteiger partial charge in [0.1, 0.15) is 11.2 Å². The monoisotopic (exact) mass is 464 g/mol. The molecule has 3 atom stereocenters. The van der Waals surface area contributed by atoms with Gasteiger partial charge in [-0.3, -0.25) is 18.9 Å². The van der Waals surface area contributed by atoms with Gasteiger partial charge in [0.15, 0.2) is 8.03 Å². The van der Waals surface area contributed by atoms with Crippen LogP contribution in [0.3, 0.4) is 0 Å². The fourth-order valence-corrected chi connectivity index (χ4v) is 4.24. The Kier molecular flexibility index (Phi) is 11.5. The third kappa shape index (κ3) is 15.1. The third-order valence-corrected chi connectivity index (χ3v) is 5.87. The van der Waals surface area contributed by atoms with Gasteiger partial charge >= 0.3 is 17.9 Å². The van der Waals surface area contributed by atoms with E-state index in [0.29, 0.717) is 12.8 Å². The van der Waals surface area contributed by atoms with Crippen molar-refractivity contribution in [3.8, 4) is 0 Å². The molecule has 0 spiro atoms. The van der Waals surface area contributed by atoms with Gasteiger partial charge in [0.25, 0.3) is 0 Å². The van der Waals surface area contributed by atoms with Gasteiger partial charge in [-0.2, -0.15) is 0 Å². The van der Waals surface area contributed by atoms with Crippen molar-refractivity contribution in [2.75, 3.05) is 6.16 Å². The molecule has 0 radical (unpaired) electrons. The van der Waals surface area contributed by atoms with Crippen molar-refractivity contribution in [1.82, 2.24) is 0 Å². The Labute approximate surface area is 187 Å². The molecule has 182 valence electrons. The van der Waals surface area contributed by atoms with E-state index in [1.165, 1.54) is 0 Å². The van der Waals surface area contributed by atoms with Crippen molar-refractivity contribution < 1.29 is 38.1 Å². The molecule has 8 nitrogen and oxygen atoms in total. The number of carboxylic acid groups (broad SMARTS) is 1. The van der Waals surface area contributed by atoms with E-state index in [2.05, 4.69) is 0 Å². The van der Waals surface area contributed by atoms with Crippen LogP contribution < -0.4 is 0 Å². The highest BCUT2D eigenvalue weighted by atomic mass is 31.1. The van der Waals surface area contributed by atoms with Gasteiger partial charge in [-0.25, -0.2) is 0 Å². The zero-order valence-corrected chi connectivity index (χ0v) is 21.5. The summed E-state index contributed by atoms with van der Waals surface area (Å²) in [6.45, 7) is 15.6. The average molecular weight is 465 g/mol. The second-order valence-electron chi connectivity index (χ2n) is 10.6. The summed E-state index contributed by atoms with van der Waals surface area (Å²) in [6.07, 6.45) is 0.869. The summed E-state index contributed by atoms with van der Waals surface area (Å²) < 4.78 is 29.1. The van der Waals surface area contributed by atoms with Crippen LogP contribution in [0, 0.1) is 11.8 Å². The summed E-state index contributed by atoms with van der Waals surface area (Å²) in [5, 5.41) is 9.02. The SMILES string of the molecule is CC(CCC(C)(C)O[PH](=O)CC(CCC(=O)OC(C)(C)C)C(=O)OC(C)(C)C)C(=O)O. The zero-order valence-electron chi connectivity index (χ0n) is 20.5. The summed E-state index contributed by atoms with van der Waals surface area (Å²) >= 11 is 0. The number of esters is 2. The second-order valence-corrected chi connectivity index (χ2v) is 11.9. The molecule has 31 heavy (non-hydrogen) atoms. The third-order valence-electron chi connectivity index (χ3n) is 4.26. The molecule has 0 aromatic carbocycles. The highest BCUT2D eigenvalue weighted by molar-refractivity contribution is 7.39. The van der Waals surface area contributed by atoms with Crippen molar-refractivity contribution >= 4 is 25.9 Å². The molecule has 1 N–H and O–H groups in total. The van der Waals surface area contributed by atoms with Gasteiger partial charge in [0, 0.05) is 12.6 Å². The molecule has 0 rings (SSSR count).